The van der Waals surface area contributed by atoms with Gasteiger partial charge in [0.15, 0.2) is 0 Å². The predicted molar refractivity (Wildman–Crippen MR) is 83.7 cm³/mol. The first-order valence-corrected chi connectivity index (χ1v) is 8.06. The van der Waals surface area contributed by atoms with Gasteiger partial charge in [0.05, 0.1) is 18.1 Å². The first-order chi connectivity index (χ1) is 10.3. The standard InChI is InChI=1S/C18H23N3/c19-16(10-14-4-2-1-3-5-14)17-11-20-13-21(17)12-18(8-9-18)15-6-7-15/h1-5,11,13,15-16H,6-10,12,19H2/t16-/m1/s1. The van der Waals surface area contributed by atoms with Crippen LogP contribution in [-0.2, 0) is 13.0 Å². The summed E-state index contributed by atoms with van der Waals surface area (Å²) in [6.45, 7) is 1.12. The van der Waals surface area contributed by atoms with Gasteiger partial charge in [0.2, 0.25) is 0 Å². The van der Waals surface area contributed by atoms with E-state index >= 15 is 0 Å². The zero-order valence-corrected chi connectivity index (χ0v) is 12.4. The van der Waals surface area contributed by atoms with Crippen molar-refractivity contribution < 1.29 is 0 Å². The van der Waals surface area contributed by atoms with Gasteiger partial charge in [-0.3, -0.25) is 0 Å². The Kier molecular flexibility index (Phi) is 3.11. The van der Waals surface area contributed by atoms with Crippen LogP contribution in [0.1, 0.15) is 43.0 Å². The van der Waals surface area contributed by atoms with Crippen molar-refractivity contribution in [2.45, 2.75) is 44.7 Å². The van der Waals surface area contributed by atoms with Crippen LogP contribution in [0, 0.1) is 11.3 Å². The molecule has 1 heterocycles. The number of hydrogen-bond acceptors (Lipinski definition) is 2. The molecule has 0 aliphatic heterocycles. The molecule has 1 aromatic carbocycles. The summed E-state index contributed by atoms with van der Waals surface area (Å²) in [6.07, 6.45) is 10.5. The first kappa shape index (κ1) is 13.1. The number of rotatable bonds is 6. The van der Waals surface area contributed by atoms with Crippen LogP contribution in [0.15, 0.2) is 42.9 Å². The monoisotopic (exact) mass is 281 g/mol. The Morgan fingerprint density at radius 2 is 2.00 bits per heavy atom. The third-order valence-corrected chi connectivity index (χ3v) is 5.24. The van der Waals surface area contributed by atoms with Crippen molar-refractivity contribution in [2.24, 2.45) is 17.1 Å². The van der Waals surface area contributed by atoms with Gasteiger partial charge in [-0.1, -0.05) is 30.3 Å². The van der Waals surface area contributed by atoms with E-state index in [1.807, 2.05) is 18.6 Å². The van der Waals surface area contributed by atoms with Crippen LogP contribution in [0.25, 0.3) is 0 Å². The minimum absolute atomic E-state index is 0.0323. The average Bonchev–Trinajstić information content (AvgIpc) is 3.39. The number of nitrogens with two attached hydrogens (primary N) is 1. The number of aromatic nitrogens is 2. The highest BCUT2D eigenvalue weighted by atomic mass is 15.1. The maximum Gasteiger partial charge on any atom is 0.0948 e. The molecule has 0 amide bonds. The second-order valence-corrected chi connectivity index (χ2v) is 6.88. The highest BCUT2D eigenvalue weighted by Gasteiger charge is 2.53. The Balaban J connectivity index is 1.49. The van der Waals surface area contributed by atoms with E-state index in [9.17, 15) is 0 Å². The topological polar surface area (TPSA) is 43.8 Å². The predicted octanol–water partition coefficient (Wildman–Crippen LogP) is 3.32. The molecule has 2 aromatic rings. The van der Waals surface area contributed by atoms with Crippen molar-refractivity contribution in [1.82, 2.24) is 9.55 Å². The molecule has 110 valence electrons. The van der Waals surface area contributed by atoms with Crippen LogP contribution >= 0.6 is 0 Å². The van der Waals surface area contributed by atoms with E-state index in [-0.39, 0.29) is 6.04 Å². The normalized spacial score (nSPS) is 21.2. The van der Waals surface area contributed by atoms with E-state index in [0.29, 0.717) is 5.41 Å². The second kappa shape index (κ2) is 4.99. The highest BCUT2D eigenvalue weighted by Crippen LogP contribution is 2.62. The van der Waals surface area contributed by atoms with Crippen molar-refractivity contribution >= 4 is 0 Å². The molecule has 1 aromatic heterocycles. The molecule has 3 heteroatoms. The van der Waals surface area contributed by atoms with Gasteiger partial charge in [-0.15, -0.1) is 0 Å². The van der Waals surface area contributed by atoms with Gasteiger partial charge in [0, 0.05) is 12.7 Å². The summed E-state index contributed by atoms with van der Waals surface area (Å²) >= 11 is 0. The minimum atomic E-state index is 0.0323. The van der Waals surface area contributed by atoms with E-state index in [2.05, 4.69) is 33.8 Å². The molecule has 2 saturated carbocycles. The molecule has 0 bridgehead atoms. The Bertz CT molecular complexity index is 608. The summed E-state index contributed by atoms with van der Waals surface area (Å²) in [5.41, 5.74) is 9.51. The SMILES string of the molecule is N[C@H](Cc1ccccc1)c1cncn1CC1(C2CC2)CC1. The van der Waals surface area contributed by atoms with E-state index in [1.165, 1.54) is 36.9 Å². The summed E-state index contributed by atoms with van der Waals surface area (Å²) in [4.78, 5) is 4.36. The van der Waals surface area contributed by atoms with E-state index in [0.717, 1.165) is 18.9 Å². The lowest BCUT2D eigenvalue weighted by Gasteiger charge is -2.20. The number of hydrogen-bond donors (Lipinski definition) is 1. The lowest BCUT2D eigenvalue weighted by Crippen LogP contribution is -2.21. The second-order valence-electron chi connectivity index (χ2n) is 6.88. The summed E-state index contributed by atoms with van der Waals surface area (Å²) in [5, 5.41) is 0. The van der Waals surface area contributed by atoms with Gasteiger partial charge in [-0.05, 0) is 49.0 Å². The number of imidazole rings is 1. The molecule has 2 N–H and O–H groups in total. The van der Waals surface area contributed by atoms with Crippen molar-refractivity contribution in [3.05, 3.63) is 54.1 Å². The number of benzene rings is 1. The fraction of sp³-hybridized carbons (Fsp3) is 0.500. The number of nitrogens with zero attached hydrogens (tertiary/aromatic N) is 2. The van der Waals surface area contributed by atoms with Gasteiger partial charge < -0.3 is 10.3 Å². The Labute approximate surface area is 126 Å². The Hall–Kier alpha value is -1.61. The van der Waals surface area contributed by atoms with Crippen LogP contribution < -0.4 is 5.73 Å². The molecule has 2 aliphatic carbocycles. The van der Waals surface area contributed by atoms with Crippen molar-refractivity contribution in [3.63, 3.8) is 0 Å². The molecule has 2 fully saturated rings. The molecular weight excluding hydrogens is 258 g/mol. The first-order valence-electron chi connectivity index (χ1n) is 8.06. The Morgan fingerprint density at radius 3 is 2.67 bits per heavy atom. The van der Waals surface area contributed by atoms with Gasteiger partial charge >= 0.3 is 0 Å². The molecular formula is C18H23N3. The van der Waals surface area contributed by atoms with Gasteiger partial charge in [0.25, 0.3) is 0 Å². The van der Waals surface area contributed by atoms with Crippen LogP contribution in [0.2, 0.25) is 0 Å². The molecule has 0 saturated heterocycles. The van der Waals surface area contributed by atoms with Gasteiger partial charge in [0.1, 0.15) is 0 Å². The zero-order chi connectivity index (χ0) is 14.3. The molecule has 21 heavy (non-hydrogen) atoms. The lowest BCUT2D eigenvalue weighted by atomic mass is 9.99. The van der Waals surface area contributed by atoms with Crippen LogP contribution in [0.3, 0.4) is 0 Å². The smallest absolute Gasteiger partial charge is 0.0948 e. The lowest BCUT2D eigenvalue weighted by molar-refractivity contribution is 0.360. The van der Waals surface area contributed by atoms with Gasteiger partial charge in [-0.25, -0.2) is 4.98 Å². The largest absolute Gasteiger partial charge is 0.333 e. The van der Waals surface area contributed by atoms with E-state index < -0.39 is 0 Å². The van der Waals surface area contributed by atoms with Gasteiger partial charge in [-0.2, -0.15) is 0 Å². The fourth-order valence-electron chi connectivity index (χ4n) is 3.64. The average molecular weight is 281 g/mol. The zero-order valence-electron chi connectivity index (χ0n) is 12.4. The van der Waals surface area contributed by atoms with E-state index in [1.54, 1.807) is 0 Å². The summed E-state index contributed by atoms with van der Waals surface area (Å²) in [5.74, 6) is 0.970. The maximum absolute atomic E-state index is 6.44. The van der Waals surface area contributed by atoms with Crippen LogP contribution in [-0.4, -0.2) is 9.55 Å². The molecule has 0 radical (unpaired) electrons. The third-order valence-electron chi connectivity index (χ3n) is 5.24. The quantitative estimate of drug-likeness (QED) is 0.882. The third kappa shape index (κ3) is 2.62. The molecule has 1 atom stereocenters. The molecule has 4 rings (SSSR count). The minimum Gasteiger partial charge on any atom is -0.333 e. The molecule has 0 spiro atoms. The van der Waals surface area contributed by atoms with Crippen molar-refractivity contribution in [2.75, 3.05) is 0 Å². The Morgan fingerprint density at radius 1 is 1.24 bits per heavy atom. The van der Waals surface area contributed by atoms with Crippen LogP contribution in [0.4, 0.5) is 0 Å². The maximum atomic E-state index is 6.44. The fourth-order valence-corrected chi connectivity index (χ4v) is 3.64. The summed E-state index contributed by atoms with van der Waals surface area (Å²) in [6, 6.07) is 10.5. The van der Waals surface area contributed by atoms with E-state index in [4.69, 9.17) is 5.73 Å². The molecule has 2 aliphatic rings. The molecule has 0 unspecified atom stereocenters. The van der Waals surface area contributed by atoms with Crippen molar-refractivity contribution in [1.29, 1.82) is 0 Å². The van der Waals surface area contributed by atoms with Crippen LogP contribution in [0.5, 0.6) is 0 Å². The summed E-state index contributed by atoms with van der Waals surface area (Å²) in [7, 11) is 0. The highest BCUT2D eigenvalue weighted by molar-refractivity contribution is 5.19. The molecule has 3 nitrogen and oxygen atoms in total. The van der Waals surface area contributed by atoms with Crippen molar-refractivity contribution in [3.8, 4) is 0 Å². The summed E-state index contributed by atoms with van der Waals surface area (Å²) < 4.78 is 2.32.